The Labute approximate surface area is 330 Å². The molecule has 0 radical (unpaired) electrons. The van der Waals surface area contributed by atoms with Crippen LogP contribution in [0.2, 0.25) is 0 Å². The summed E-state index contributed by atoms with van der Waals surface area (Å²) in [4.78, 5) is 27.2. The van der Waals surface area contributed by atoms with E-state index < -0.39 is 0 Å². The van der Waals surface area contributed by atoms with Crippen molar-refractivity contribution < 1.29 is 0 Å². The van der Waals surface area contributed by atoms with E-state index in [1.807, 2.05) is 72.8 Å². The molecule has 10 aromatic rings. The van der Waals surface area contributed by atoms with Crippen molar-refractivity contribution in [2.75, 3.05) is 0 Å². The van der Waals surface area contributed by atoms with E-state index in [1.165, 1.54) is 0 Å². The molecule has 10 rings (SSSR count). The van der Waals surface area contributed by atoms with Crippen LogP contribution in [0.5, 0.6) is 0 Å². The normalized spacial score (nSPS) is 11.2. The van der Waals surface area contributed by atoms with Gasteiger partial charge in [-0.2, -0.15) is 0 Å². The van der Waals surface area contributed by atoms with Crippen LogP contribution in [0.4, 0.5) is 0 Å². The smallest absolute Gasteiger partial charge is 0.138 e. The summed E-state index contributed by atoms with van der Waals surface area (Å²) in [5.41, 5.74) is 14.5. The molecule has 3 heterocycles. The summed E-state index contributed by atoms with van der Waals surface area (Å²) in [6.45, 7) is 0. The zero-order valence-electron chi connectivity index (χ0n) is 30.9. The maximum atomic E-state index is 5.32. The van der Waals surface area contributed by atoms with Crippen LogP contribution in [0, 0.1) is 0 Å². The molecule has 3 N–H and O–H groups in total. The number of aromatic amines is 3. The minimum atomic E-state index is 0.743. The number of hydrogen-bond donors (Lipinski definition) is 3. The fourth-order valence-corrected chi connectivity index (χ4v) is 7.42. The first-order chi connectivity index (χ1) is 28.2. The van der Waals surface area contributed by atoms with Crippen molar-refractivity contribution in [1.29, 1.82) is 0 Å². The SMILES string of the molecule is c1ccc(-c2nc(-c3cc(-c4nc(-c5ccccc5)c(-c5ccccc5)[nH]4)cc(-c4nc(-c5ccccc5)c(-c5ccccc5)[nH]4)c3)[nH]c2-c2ccccc2)cc1. The topological polar surface area (TPSA) is 86.0 Å². The Morgan fingerprint density at radius 3 is 0.667 bits per heavy atom. The number of aromatic nitrogens is 6. The van der Waals surface area contributed by atoms with Gasteiger partial charge in [0.05, 0.1) is 34.2 Å². The Morgan fingerprint density at radius 2 is 0.439 bits per heavy atom. The van der Waals surface area contributed by atoms with Crippen LogP contribution >= 0.6 is 0 Å². The monoisotopic (exact) mass is 732 g/mol. The van der Waals surface area contributed by atoms with E-state index in [0.717, 1.165) is 102 Å². The molecule has 0 unspecified atom stereocenters. The van der Waals surface area contributed by atoms with E-state index >= 15 is 0 Å². The highest BCUT2D eigenvalue weighted by atomic mass is 15.0. The second-order valence-corrected chi connectivity index (χ2v) is 13.9. The van der Waals surface area contributed by atoms with Crippen LogP contribution in [0.3, 0.4) is 0 Å². The second kappa shape index (κ2) is 14.8. The maximum absolute atomic E-state index is 5.32. The van der Waals surface area contributed by atoms with Crippen molar-refractivity contribution >= 4 is 0 Å². The van der Waals surface area contributed by atoms with Gasteiger partial charge in [-0.1, -0.05) is 182 Å². The molecule has 0 aliphatic heterocycles. The summed E-state index contributed by atoms with van der Waals surface area (Å²) in [5.74, 6) is 2.23. The standard InChI is InChI=1S/C51H36N6/c1-7-19-34(20-8-1)43-44(35-21-9-2-10-22-35)53-49(52-43)40-31-41(50-54-45(36-23-11-3-12-24-36)46(55-50)37-25-13-4-14-26-37)33-42(32-40)51-56-47(38-27-15-5-16-28-38)48(57-51)39-29-17-6-18-30-39/h1-33H,(H,52,53)(H,54,55)(H,56,57). The molecule has 3 aromatic heterocycles. The number of rotatable bonds is 9. The highest BCUT2D eigenvalue weighted by molar-refractivity contribution is 5.87. The van der Waals surface area contributed by atoms with Gasteiger partial charge in [0.15, 0.2) is 0 Å². The molecule has 270 valence electrons. The van der Waals surface area contributed by atoms with Crippen LogP contribution in [0.15, 0.2) is 200 Å². The summed E-state index contributed by atoms with van der Waals surface area (Å²) < 4.78 is 0. The fourth-order valence-electron chi connectivity index (χ4n) is 7.42. The van der Waals surface area contributed by atoms with Gasteiger partial charge >= 0.3 is 0 Å². The zero-order valence-corrected chi connectivity index (χ0v) is 30.9. The van der Waals surface area contributed by atoms with Gasteiger partial charge in [-0.25, -0.2) is 15.0 Å². The predicted octanol–water partition coefficient (Wildman–Crippen LogP) is 12.9. The van der Waals surface area contributed by atoms with E-state index in [1.54, 1.807) is 0 Å². The molecule has 0 atom stereocenters. The predicted molar refractivity (Wildman–Crippen MR) is 232 cm³/mol. The lowest BCUT2D eigenvalue weighted by molar-refractivity contribution is 1.27. The van der Waals surface area contributed by atoms with Crippen molar-refractivity contribution in [2.24, 2.45) is 0 Å². The fraction of sp³-hybridized carbons (Fsp3) is 0. The number of imidazole rings is 3. The van der Waals surface area contributed by atoms with Gasteiger partial charge in [-0.15, -0.1) is 0 Å². The third-order valence-electron chi connectivity index (χ3n) is 10.2. The first-order valence-electron chi connectivity index (χ1n) is 19.0. The molecule has 0 bridgehead atoms. The van der Waals surface area contributed by atoms with Gasteiger partial charge in [-0.05, 0) is 18.2 Å². The minimum Gasteiger partial charge on any atom is -0.337 e. The maximum Gasteiger partial charge on any atom is 0.138 e. The molecule has 6 heteroatoms. The Hall–Kier alpha value is -7.83. The third-order valence-corrected chi connectivity index (χ3v) is 10.2. The minimum absolute atomic E-state index is 0.743. The first kappa shape index (κ1) is 33.7. The van der Waals surface area contributed by atoms with E-state index in [0.29, 0.717) is 0 Å². The number of nitrogens with zero attached hydrogens (tertiary/aromatic N) is 3. The van der Waals surface area contributed by atoms with Crippen LogP contribution in [0.25, 0.3) is 102 Å². The molecule has 6 nitrogen and oxygen atoms in total. The van der Waals surface area contributed by atoms with E-state index in [9.17, 15) is 0 Å². The molecule has 0 aliphatic carbocycles. The average Bonchev–Trinajstić information content (AvgIpc) is 4.07. The molecule has 0 fully saturated rings. The second-order valence-electron chi connectivity index (χ2n) is 13.9. The van der Waals surface area contributed by atoms with Gasteiger partial charge in [0.1, 0.15) is 17.5 Å². The summed E-state index contributed by atoms with van der Waals surface area (Å²) in [6.07, 6.45) is 0. The summed E-state index contributed by atoms with van der Waals surface area (Å²) in [5, 5.41) is 0. The van der Waals surface area contributed by atoms with E-state index in [2.05, 4.69) is 142 Å². The molecular weight excluding hydrogens is 697 g/mol. The van der Waals surface area contributed by atoms with Crippen LogP contribution in [-0.4, -0.2) is 29.9 Å². The van der Waals surface area contributed by atoms with Gasteiger partial charge in [0.25, 0.3) is 0 Å². The molecule has 0 saturated heterocycles. The van der Waals surface area contributed by atoms with Crippen molar-refractivity contribution in [2.45, 2.75) is 0 Å². The molecular formula is C51H36N6. The van der Waals surface area contributed by atoms with E-state index in [-0.39, 0.29) is 0 Å². The Kier molecular flexibility index (Phi) is 8.74. The van der Waals surface area contributed by atoms with Gasteiger partial charge in [-0.3, -0.25) is 0 Å². The molecule has 57 heavy (non-hydrogen) atoms. The largest absolute Gasteiger partial charge is 0.337 e. The number of nitrogens with one attached hydrogen (secondary N) is 3. The molecule has 0 saturated carbocycles. The lowest BCUT2D eigenvalue weighted by Crippen LogP contribution is -1.90. The molecule has 0 aliphatic rings. The Bertz CT molecular complexity index is 2410. The highest BCUT2D eigenvalue weighted by Gasteiger charge is 2.22. The van der Waals surface area contributed by atoms with Crippen LogP contribution < -0.4 is 0 Å². The average molecular weight is 733 g/mol. The Morgan fingerprint density at radius 1 is 0.228 bits per heavy atom. The number of benzene rings is 7. The van der Waals surface area contributed by atoms with Crippen molar-refractivity contribution in [3.05, 3.63) is 200 Å². The summed E-state index contributed by atoms with van der Waals surface area (Å²) in [7, 11) is 0. The Balaban J connectivity index is 1.21. The molecule has 0 spiro atoms. The summed E-state index contributed by atoms with van der Waals surface area (Å²) in [6, 6.07) is 68.6. The summed E-state index contributed by atoms with van der Waals surface area (Å²) >= 11 is 0. The van der Waals surface area contributed by atoms with Crippen LogP contribution in [-0.2, 0) is 0 Å². The quantitative estimate of drug-likeness (QED) is 0.138. The molecule has 0 amide bonds. The number of hydrogen-bond acceptors (Lipinski definition) is 3. The van der Waals surface area contributed by atoms with Crippen molar-refractivity contribution in [3.63, 3.8) is 0 Å². The van der Waals surface area contributed by atoms with Gasteiger partial charge < -0.3 is 15.0 Å². The lowest BCUT2D eigenvalue weighted by atomic mass is 10.0. The van der Waals surface area contributed by atoms with E-state index in [4.69, 9.17) is 15.0 Å². The van der Waals surface area contributed by atoms with Gasteiger partial charge in [0, 0.05) is 50.1 Å². The van der Waals surface area contributed by atoms with Crippen molar-refractivity contribution in [3.8, 4) is 102 Å². The first-order valence-corrected chi connectivity index (χ1v) is 19.0. The lowest BCUT2D eigenvalue weighted by Gasteiger charge is -2.07. The zero-order chi connectivity index (χ0) is 38.0. The third kappa shape index (κ3) is 6.66. The van der Waals surface area contributed by atoms with Gasteiger partial charge in [0.2, 0.25) is 0 Å². The highest BCUT2D eigenvalue weighted by Crippen LogP contribution is 2.40. The number of H-pyrrole nitrogens is 3. The van der Waals surface area contributed by atoms with Crippen LogP contribution in [0.1, 0.15) is 0 Å². The van der Waals surface area contributed by atoms with Crippen molar-refractivity contribution in [1.82, 2.24) is 29.9 Å². The molecule has 7 aromatic carbocycles.